The first-order valence-corrected chi connectivity index (χ1v) is 6.29. The van der Waals surface area contributed by atoms with Crippen LogP contribution in [-0.4, -0.2) is 28.7 Å². The fourth-order valence-electron chi connectivity index (χ4n) is 1.60. The second-order valence-electron chi connectivity index (χ2n) is 5.71. The van der Waals surface area contributed by atoms with Crippen LogP contribution in [0.4, 0.5) is 0 Å². The summed E-state index contributed by atoms with van der Waals surface area (Å²) in [5.41, 5.74) is 4.93. The van der Waals surface area contributed by atoms with Gasteiger partial charge in [-0.05, 0) is 33.1 Å². The Morgan fingerprint density at radius 3 is 2.17 bits per heavy atom. The lowest BCUT2D eigenvalue weighted by Gasteiger charge is -2.27. The van der Waals surface area contributed by atoms with Gasteiger partial charge in [0.15, 0.2) is 0 Å². The van der Waals surface area contributed by atoms with Crippen LogP contribution < -0.4 is 5.73 Å². The second kappa shape index (κ2) is 6.73. The van der Waals surface area contributed by atoms with Crippen LogP contribution in [0.3, 0.4) is 0 Å². The highest BCUT2D eigenvalue weighted by Crippen LogP contribution is 2.24. The molecule has 0 rings (SSSR count). The summed E-state index contributed by atoms with van der Waals surface area (Å²) in [6.07, 6.45) is 0.884. The predicted molar refractivity (Wildman–Crippen MR) is 69.0 cm³/mol. The van der Waals surface area contributed by atoms with E-state index in [0.29, 0.717) is 0 Å². The SMILES string of the molecule is CCC(C)C(CC(N)C(=O)O)C(=O)OC(C)(C)C. The average molecular weight is 259 g/mol. The van der Waals surface area contributed by atoms with Crippen LogP contribution >= 0.6 is 0 Å². The number of carboxylic acids is 1. The van der Waals surface area contributed by atoms with Crippen molar-refractivity contribution in [3.05, 3.63) is 0 Å². The quantitative estimate of drug-likeness (QED) is 0.710. The summed E-state index contributed by atoms with van der Waals surface area (Å²) in [4.78, 5) is 22.8. The number of aliphatic carboxylic acids is 1. The molecule has 0 aliphatic carbocycles. The Balaban J connectivity index is 4.78. The molecule has 5 nitrogen and oxygen atoms in total. The largest absolute Gasteiger partial charge is 0.480 e. The van der Waals surface area contributed by atoms with Crippen molar-refractivity contribution in [2.24, 2.45) is 17.6 Å². The summed E-state index contributed by atoms with van der Waals surface area (Å²) < 4.78 is 5.32. The smallest absolute Gasteiger partial charge is 0.320 e. The van der Waals surface area contributed by atoms with E-state index in [-0.39, 0.29) is 18.3 Å². The van der Waals surface area contributed by atoms with E-state index >= 15 is 0 Å². The Bertz CT molecular complexity index is 296. The van der Waals surface area contributed by atoms with Crippen LogP contribution in [-0.2, 0) is 14.3 Å². The topological polar surface area (TPSA) is 89.6 Å². The van der Waals surface area contributed by atoms with Crippen molar-refractivity contribution in [1.82, 2.24) is 0 Å². The number of esters is 1. The molecule has 18 heavy (non-hydrogen) atoms. The number of carbonyl (C=O) groups excluding carboxylic acids is 1. The summed E-state index contributed by atoms with van der Waals surface area (Å²) in [6.45, 7) is 9.22. The fourth-order valence-corrected chi connectivity index (χ4v) is 1.60. The average Bonchev–Trinajstić information content (AvgIpc) is 2.21. The van der Waals surface area contributed by atoms with E-state index in [2.05, 4.69) is 0 Å². The van der Waals surface area contributed by atoms with E-state index in [1.807, 2.05) is 13.8 Å². The Hall–Kier alpha value is -1.10. The zero-order valence-electron chi connectivity index (χ0n) is 11.9. The maximum Gasteiger partial charge on any atom is 0.320 e. The molecule has 0 aromatic rings. The molecule has 3 N–H and O–H groups in total. The van der Waals surface area contributed by atoms with Gasteiger partial charge in [-0.3, -0.25) is 9.59 Å². The predicted octanol–water partition coefficient (Wildman–Crippen LogP) is 1.79. The van der Waals surface area contributed by atoms with Crippen LogP contribution in [0.25, 0.3) is 0 Å². The number of rotatable bonds is 6. The Labute approximate surface area is 109 Å². The molecule has 106 valence electrons. The van der Waals surface area contributed by atoms with Crippen LogP contribution in [0.15, 0.2) is 0 Å². The maximum atomic E-state index is 12.0. The van der Waals surface area contributed by atoms with Crippen LogP contribution in [0.1, 0.15) is 47.5 Å². The van der Waals surface area contributed by atoms with Crippen molar-refractivity contribution < 1.29 is 19.4 Å². The summed E-state index contributed by atoms with van der Waals surface area (Å²) >= 11 is 0. The molecule has 0 fully saturated rings. The molecule has 0 aromatic carbocycles. The highest BCUT2D eigenvalue weighted by atomic mass is 16.6. The molecule has 5 heteroatoms. The minimum atomic E-state index is -1.09. The number of hydrogen-bond acceptors (Lipinski definition) is 4. The lowest BCUT2D eigenvalue weighted by atomic mass is 9.86. The van der Waals surface area contributed by atoms with E-state index in [9.17, 15) is 9.59 Å². The molecule has 0 radical (unpaired) electrons. The number of carbonyl (C=O) groups is 2. The van der Waals surface area contributed by atoms with E-state index in [1.54, 1.807) is 20.8 Å². The molecule has 3 unspecified atom stereocenters. The van der Waals surface area contributed by atoms with Gasteiger partial charge in [0.2, 0.25) is 0 Å². The molecule has 0 aliphatic rings. The number of carboxylic acid groups (broad SMARTS) is 1. The maximum absolute atomic E-state index is 12.0. The van der Waals surface area contributed by atoms with E-state index in [4.69, 9.17) is 15.6 Å². The molecule has 0 amide bonds. The van der Waals surface area contributed by atoms with E-state index < -0.39 is 23.5 Å². The van der Waals surface area contributed by atoms with Gasteiger partial charge in [-0.2, -0.15) is 0 Å². The van der Waals surface area contributed by atoms with Gasteiger partial charge in [0, 0.05) is 0 Å². The van der Waals surface area contributed by atoms with Crippen LogP contribution in [0, 0.1) is 11.8 Å². The van der Waals surface area contributed by atoms with E-state index in [0.717, 1.165) is 6.42 Å². The number of ether oxygens (including phenoxy) is 1. The Morgan fingerprint density at radius 2 is 1.83 bits per heavy atom. The second-order valence-corrected chi connectivity index (χ2v) is 5.71. The molecule has 0 heterocycles. The van der Waals surface area contributed by atoms with Gasteiger partial charge in [0.1, 0.15) is 11.6 Å². The third-order valence-corrected chi connectivity index (χ3v) is 2.87. The first kappa shape index (κ1) is 16.9. The van der Waals surface area contributed by atoms with Crippen molar-refractivity contribution >= 4 is 11.9 Å². The number of nitrogens with two attached hydrogens (primary N) is 1. The van der Waals surface area contributed by atoms with Gasteiger partial charge in [0.25, 0.3) is 0 Å². The Morgan fingerprint density at radius 1 is 1.33 bits per heavy atom. The van der Waals surface area contributed by atoms with Gasteiger partial charge >= 0.3 is 11.9 Å². The minimum absolute atomic E-state index is 0.0465. The third-order valence-electron chi connectivity index (χ3n) is 2.87. The monoisotopic (exact) mass is 259 g/mol. The zero-order valence-corrected chi connectivity index (χ0v) is 11.9. The fraction of sp³-hybridized carbons (Fsp3) is 0.846. The minimum Gasteiger partial charge on any atom is -0.480 e. The molecule has 0 saturated heterocycles. The molecule has 0 aromatic heterocycles. The van der Waals surface area contributed by atoms with Crippen molar-refractivity contribution in [3.8, 4) is 0 Å². The molecule has 0 saturated carbocycles. The van der Waals surface area contributed by atoms with Crippen molar-refractivity contribution in [2.45, 2.75) is 59.1 Å². The van der Waals surface area contributed by atoms with Crippen LogP contribution in [0.5, 0.6) is 0 Å². The van der Waals surface area contributed by atoms with Gasteiger partial charge in [-0.1, -0.05) is 20.3 Å². The molecule has 0 aliphatic heterocycles. The molecular formula is C13H25NO4. The van der Waals surface area contributed by atoms with Crippen molar-refractivity contribution in [1.29, 1.82) is 0 Å². The van der Waals surface area contributed by atoms with Gasteiger partial charge in [0.05, 0.1) is 5.92 Å². The van der Waals surface area contributed by atoms with Gasteiger partial charge in [-0.15, -0.1) is 0 Å². The third kappa shape index (κ3) is 6.00. The molecule has 3 atom stereocenters. The summed E-state index contributed by atoms with van der Waals surface area (Å²) in [5.74, 6) is -1.88. The van der Waals surface area contributed by atoms with Crippen LogP contribution in [0.2, 0.25) is 0 Å². The summed E-state index contributed by atoms with van der Waals surface area (Å²) in [6, 6.07) is -1.03. The zero-order chi connectivity index (χ0) is 14.5. The lowest BCUT2D eigenvalue weighted by Crippen LogP contribution is -2.39. The summed E-state index contributed by atoms with van der Waals surface area (Å²) in [5, 5.41) is 8.82. The lowest BCUT2D eigenvalue weighted by molar-refractivity contribution is -0.162. The highest BCUT2D eigenvalue weighted by Gasteiger charge is 2.32. The van der Waals surface area contributed by atoms with Crippen molar-refractivity contribution in [3.63, 3.8) is 0 Å². The first-order chi connectivity index (χ1) is 8.08. The highest BCUT2D eigenvalue weighted by molar-refractivity contribution is 5.77. The van der Waals surface area contributed by atoms with Crippen molar-refractivity contribution in [2.75, 3.05) is 0 Å². The standard InChI is InChI=1S/C13H25NO4/c1-6-8(2)9(7-10(14)11(15)16)12(17)18-13(3,4)5/h8-10H,6-7,14H2,1-5H3,(H,15,16). The Kier molecular flexibility index (Phi) is 6.32. The van der Waals surface area contributed by atoms with Gasteiger partial charge in [-0.25, -0.2) is 0 Å². The molecular weight excluding hydrogens is 234 g/mol. The van der Waals surface area contributed by atoms with E-state index in [1.165, 1.54) is 0 Å². The molecule has 0 bridgehead atoms. The first-order valence-electron chi connectivity index (χ1n) is 6.29. The summed E-state index contributed by atoms with van der Waals surface area (Å²) in [7, 11) is 0. The number of hydrogen-bond donors (Lipinski definition) is 2. The van der Waals surface area contributed by atoms with Gasteiger partial charge < -0.3 is 15.6 Å². The molecule has 0 spiro atoms. The normalized spacial score (nSPS) is 16.8.